The van der Waals surface area contributed by atoms with Gasteiger partial charge in [0.2, 0.25) is 0 Å². The number of carbonyl (C=O) groups excluding carboxylic acids is 1. The molecular weight excluding hydrogens is 306 g/mol. The van der Waals surface area contributed by atoms with E-state index < -0.39 is 0 Å². The van der Waals surface area contributed by atoms with Gasteiger partial charge in [0.1, 0.15) is 12.8 Å². The molecule has 5 heteroatoms. The van der Waals surface area contributed by atoms with E-state index in [0.29, 0.717) is 6.42 Å². The molecule has 23 heavy (non-hydrogen) atoms. The number of aryl methyl sites for hydroxylation is 2. The van der Waals surface area contributed by atoms with Crippen molar-refractivity contribution in [2.75, 3.05) is 0 Å². The number of hydrogen-bond donors (Lipinski definition) is 0. The molecule has 0 aromatic carbocycles. The second kappa shape index (κ2) is 7.24. The van der Waals surface area contributed by atoms with Gasteiger partial charge in [0.25, 0.3) is 0 Å². The minimum absolute atomic E-state index is 0.542. The van der Waals surface area contributed by atoms with Crippen LogP contribution in [0.1, 0.15) is 13.3 Å². The van der Waals surface area contributed by atoms with Gasteiger partial charge in [0.15, 0.2) is 31.3 Å². The van der Waals surface area contributed by atoms with Gasteiger partial charge in [-0.05, 0) is 24.5 Å². The topological polar surface area (TPSA) is 37.7 Å². The van der Waals surface area contributed by atoms with Crippen LogP contribution in [0.15, 0.2) is 55.1 Å². The maximum Gasteiger partial charge on any atom is 0.169 e. The Kier molecular flexibility index (Phi) is 4.88. The first kappa shape index (κ1) is 15.5. The van der Waals surface area contributed by atoms with Crippen LogP contribution in [0, 0.1) is 0 Å². The van der Waals surface area contributed by atoms with E-state index in [1.54, 1.807) is 0 Å². The van der Waals surface area contributed by atoms with Crippen molar-refractivity contribution in [2.45, 2.75) is 26.4 Å². The SMILES string of the molecule is CC[n+]1ccc(-c2cc(-c3cc[n+](CCC=O)cc3)sn2)cc1. The quantitative estimate of drug-likeness (QED) is 0.516. The minimum atomic E-state index is 0.542. The molecule has 0 unspecified atom stereocenters. The summed E-state index contributed by atoms with van der Waals surface area (Å²) in [7, 11) is 0. The van der Waals surface area contributed by atoms with Gasteiger partial charge in [-0.1, -0.05) is 0 Å². The first-order valence-electron chi connectivity index (χ1n) is 7.69. The van der Waals surface area contributed by atoms with E-state index in [0.717, 1.165) is 41.1 Å². The highest BCUT2D eigenvalue weighted by Crippen LogP contribution is 2.28. The molecule has 0 aliphatic carbocycles. The fourth-order valence-corrected chi connectivity index (χ4v) is 3.12. The van der Waals surface area contributed by atoms with Gasteiger partial charge < -0.3 is 4.79 Å². The lowest BCUT2D eigenvalue weighted by Gasteiger charge is -1.96. The zero-order valence-electron chi connectivity index (χ0n) is 13.1. The Morgan fingerprint density at radius 1 is 1.04 bits per heavy atom. The van der Waals surface area contributed by atoms with Crippen molar-refractivity contribution >= 4 is 17.8 Å². The van der Waals surface area contributed by atoms with Gasteiger partial charge in [-0.25, -0.2) is 9.13 Å². The summed E-state index contributed by atoms with van der Waals surface area (Å²) in [6.07, 6.45) is 9.65. The lowest BCUT2D eigenvalue weighted by Crippen LogP contribution is -2.32. The molecule has 0 saturated heterocycles. The zero-order valence-corrected chi connectivity index (χ0v) is 13.9. The van der Waals surface area contributed by atoms with Crippen molar-refractivity contribution in [2.24, 2.45) is 0 Å². The average molecular weight is 325 g/mol. The second-order valence-electron chi connectivity index (χ2n) is 5.27. The number of carbonyl (C=O) groups is 1. The molecule has 3 rings (SSSR count). The molecule has 0 aliphatic rings. The monoisotopic (exact) mass is 325 g/mol. The molecule has 0 saturated carbocycles. The summed E-state index contributed by atoms with van der Waals surface area (Å²) < 4.78 is 8.72. The van der Waals surface area contributed by atoms with Crippen LogP contribution < -0.4 is 9.13 Å². The summed E-state index contributed by atoms with van der Waals surface area (Å²) in [4.78, 5) is 11.6. The van der Waals surface area contributed by atoms with Crippen molar-refractivity contribution in [1.82, 2.24) is 4.37 Å². The maximum atomic E-state index is 10.4. The Labute approximate surface area is 139 Å². The van der Waals surface area contributed by atoms with E-state index in [1.807, 2.05) is 17.0 Å². The molecule has 4 nitrogen and oxygen atoms in total. The van der Waals surface area contributed by atoms with E-state index in [4.69, 9.17) is 0 Å². The Balaban J connectivity index is 1.79. The predicted octanol–water partition coefficient (Wildman–Crippen LogP) is 2.66. The molecular formula is C18H19N3OS+2. The third-order valence-electron chi connectivity index (χ3n) is 3.74. The van der Waals surface area contributed by atoms with Gasteiger partial charge in [-0.2, -0.15) is 4.37 Å². The fraction of sp³-hybridized carbons (Fsp3) is 0.222. The lowest BCUT2D eigenvalue weighted by molar-refractivity contribution is -0.695. The van der Waals surface area contributed by atoms with Crippen LogP contribution in [0.4, 0.5) is 0 Å². The van der Waals surface area contributed by atoms with Crippen molar-refractivity contribution in [3.63, 3.8) is 0 Å². The molecule has 0 atom stereocenters. The molecule has 3 aromatic heterocycles. The molecule has 0 aliphatic heterocycles. The molecule has 0 fully saturated rings. The largest absolute Gasteiger partial charge is 0.303 e. The molecule has 116 valence electrons. The molecule has 0 spiro atoms. The summed E-state index contributed by atoms with van der Waals surface area (Å²) in [6.45, 7) is 3.81. The average Bonchev–Trinajstić information content (AvgIpc) is 3.10. The Morgan fingerprint density at radius 3 is 2.35 bits per heavy atom. The number of hydrogen-bond acceptors (Lipinski definition) is 3. The van der Waals surface area contributed by atoms with Gasteiger partial charge in [-0.3, -0.25) is 0 Å². The summed E-state index contributed by atoms with van der Waals surface area (Å²) in [6, 6.07) is 10.5. The lowest BCUT2D eigenvalue weighted by atomic mass is 10.1. The normalized spacial score (nSPS) is 10.7. The third kappa shape index (κ3) is 3.68. The van der Waals surface area contributed by atoms with Crippen LogP contribution in [-0.4, -0.2) is 10.7 Å². The van der Waals surface area contributed by atoms with Crippen LogP contribution in [0.2, 0.25) is 0 Å². The van der Waals surface area contributed by atoms with Crippen molar-refractivity contribution < 1.29 is 13.9 Å². The summed E-state index contributed by atoms with van der Waals surface area (Å²) in [5.74, 6) is 0. The number of aldehydes is 1. The van der Waals surface area contributed by atoms with E-state index in [1.165, 1.54) is 11.5 Å². The van der Waals surface area contributed by atoms with Crippen molar-refractivity contribution in [1.29, 1.82) is 0 Å². The molecule has 0 radical (unpaired) electrons. The van der Waals surface area contributed by atoms with Crippen LogP contribution in [0.5, 0.6) is 0 Å². The molecule has 0 N–H and O–H groups in total. The Hall–Kier alpha value is -2.40. The third-order valence-corrected chi connectivity index (χ3v) is 4.58. The minimum Gasteiger partial charge on any atom is -0.303 e. The maximum absolute atomic E-state index is 10.4. The Bertz CT molecular complexity index is 779. The molecule has 3 aromatic rings. The second-order valence-corrected chi connectivity index (χ2v) is 6.08. The number of aromatic nitrogens is 3. The molecule has 0 bridgehead atoms. The fourth-order valence-electron chi connectivity index (χ4n) is 2.36. The zero-order chi connectivity index (χ0) is 16.1. The number of nitrogens with zero attached hydrogens (tertiary/aromatic N) is 3. The van der Waals surface area contributed by atoms with Gasteiger partial charge in [-0.15, -0.1) is 0 Å². The standard InChI is InChI=1S/C18H19N3OS/c1-2-20-9-4-15(5-10-20)17-14-18(23-19-17)16-6-11-21(12-7-16)8-3-13-22/h4-7,9-14H,2-3,8H2,1H3/q+2. The summed E-state index contributed by atoms with van der Waals surface area (Å²) in [5, 5.41) is 0. The van der Waals surface area contributed by atoms with Crippen LogP contribution in [-0.2, 0) is 17.9 Å². The van der Waals surface area contributed by atoms with Crippen molar-refractivity contribution in [3.8, 4) is 21.7 Å². The van der Waals surface area contributed by atoms with E-state index in [2.05, 4.69) is 58.6 Å². The highest BCUT2D eigenvalue weighted by molar-refractivity contribution is 7.09. The highest BCUT2D eigenvalue weighted by atomic mass is 32.1. The number of rotatable bonds is 6. The number of pyridine rings is 2. The van der Waals surface area contributed by atoms with E-state index in [-0.39, 0.29) is 0 Å². The van der Waals surface area contributed by atoms with E-state index in [9.17, 15) is 4.79 Å². The van der Waals surface area contributed by atoms with Crippen LogP contribution in [0.25, 0.3) is 21.7 Å². The van der Waals surface area contributed by atoms with E-state index >= 15 is 0 Å². The predicted molar refractivity (Wildman–Crippen MR) is 89.7 cm³/mol. The molecule has 0 amide bonds. The first-order valence-corrected chi connectivity index (χ1v) is 8.47. The molecule has 3 heterocycles. The van der Waals surface area contributed by atoms with Crippen LogP contribution in [0.3, 0.4) is 0 Å². The van der Waals surface area contributed by atoms with Crippen LogP contribution >= 0.6 is 11.5 Å². The van der Waals surface area contributed by atoms with Gasteiger partial charge in [0.05, 0.1) is 17.0 Å². The van der Waals surface area contributed by atoms with Crippen molar-refractivity contribution in [3.05, 3.63) is 55.1 Å². The Morgan fingerprint density at radius 2 is 1.70 bits per heavy atom. The summed E-state index contributed by atoms with van der Waals surface area (Å²) >= 11 is 1.51. The summed E-state index contributed by atoms with van der Waals surface area (Å²) in [5.41, 5.74) is 3.29. The smallest absolute Gasteiger partial charge is 0.169 e. The van der Waals surface area contributed by atoms with Gasteiger partial charge >= 0.3 is 0 Å². The highest BCUT2D eigenvalue weighted by Gasteiger charge is 2.09. The van der Waals surface area contributed by atoms with Gasteiger partial charge in [0, 0.05) is 35.4 Å². The first-order chi connectivity index (χ1) is 11.3.